The van der Waals surface area contributed by atoms with Crippen LogP contribution >= 0.6 is 0 Å². The van der Waals surface area contributed by atoms with Gasteiger partial charge in [-0.1, -0.05) is 0 Å². The molecule has 2 fully saturated rings. The van der Waals surface area contributed by atoms with Crippen molar-refractivity contribution in [3.8, 4) is 0 Å². The molecule has 8 unspecified atom stereocenters. The van der Waals surface area contributed by atoms with Crippen LogP contribution in [0.25, 0.3) is 0 Å². The van der Waals surface area contributed by atoms with Crippen LogP contribution < -0.4 is 0 Å². The van der Waals surface area contributed by atoms with Gasteiger partial charge < -0.3 is 64.9 Å². The second kappa shape index (κ2) is 9.99. The fourth-order valence-electron chi connectivity index (χ4n) is 3.14. The van der Waals surface area contributed by atoms with E-state index >= 15 is 0 Å². The zero-order valence-electron chi connectivity index (χ0n) is 14.9. The van der Waals surface area contributed by atoms with Crippen LogP contribution in [0.3, 0.4) is 0 Å². The van der Waals surface area contributed by atoms with E-state index in [9.17, 15) is 35.7 Å². The van der Waals surface area contributed by atoms with E-state index in [0.717, 1.165) is 0 Å². The highest BCUT2D eigenvalue weighted by Crippen LogP contribution is 2.36. The molecule has 0 radical (unpaired) electrons. The van der Waals surface area contributed by atoms with Gasteiger partial charge in [0, 0.05) is 0 Å². The maximum atomic E-state index is 10.4. The van der Waals surface area contributed by atoms with Gasteiger partial charge in [-0.15, -0.1) is 0 Å². The van der Waals surface area contributed by atoms with Crippen molar-refractivity contribution in [1.82, 2.24) is 0 Å². The van der Waals surface area contributed by atoms with Crippen molar-refractivity contribution in [2.24, 2.45) is 0 Å². The first kappa shape index (κ1) is 23.8. The molecule has 0 aromatic rings. The van der Waals surface area contributed by atoms with E-state index in [1.54, 1.807) is 0 Å². The number of aliphatic hydroxyl groups is 9. The number of hydrogen-bond donors (Lipinski definition) is 9. The minimum absolute atomic E-state index is 0.600. The molecule has 2 saturated heterocycles. The fourth-order valence-corrected chi connectivity index (χ4v) is 3.14. The Morgan fingerprint density at radius 3 is 1.89 bits per heavy atom. The van der Waals surface area contributed by atoms with Crippen LogP contribution in [0.5, 0.6) is 0 Å². The average molecular weight is 416 g/mol. The first-order valence-electron chi connectivity index (χ1n) is 8.71. The largest absolute Gasteiger partial charge is 0.394 e. The normalized spacial score (nSPS) is 44.4. The molecular weight excluding hydrogens is 388 g/mol. The van der Waals surface area contributed by atoms with E-state index in [2.05, 4.69) is 0 Å². The molecule has 2 rings (SSSR count). The lowest BCUT2D eigenvalue weighted by molar-refractivity contribution is -0.367. The Morgan fingerprint density at radius 1 is 0.821 bits per heavy atom. The zero-order valence-corrected chi connectivity index (χ0v) is 14.9. The molecule has 0 bridgehead atoms. The quantitative estimate of drug-likeness (QED) is 0.171. The van der Waals surface area contributed by atoms with E-state index in [1.165, 1.54) is 0 Å². The molecular formula is C15H28O13. The van der Waals surface area contributed by atoms with Gasteiger partial charge in [0.05, 0.1) is 26.4 Å². The van der Waals surface area contributed by atoms with Crippen molar-refractivity contribution in [3.05, 3.63) is 0 Å². The number of aliphatic hydroxyl groups excluding tert-OH is 9. The smallest absolute Gasteiger partial charge is 0.222 e. The van der Waals surface area contributed by atoms with Gasteiger partial charge in [-0.2, -0.15) is 0 Å². The standard InChI is InChI=1S/C15H28O13/c16-1-6(2-17)25-14-11(23)10(22)12(8(4-19)26-14)28-15(5-20)13(24)9(21)7(3-18)27-15/h6-14,16-24H,1-5H2/t7?,8?,9?,10?,11?,12-,13?,14?,15?/m0/s1. The van der Waals surface area contributed by atoms with E-state index in [-0.39, 0.29) is 0 Å². The second-order valence-corrected chi connectivity index (χ2v) is 6.66. The summed E-state index contributed by atoms with van der Waals surface area (Å²) in [5, 5.41) is 87.3. The van der Waals surface area contributed by atoms with Crippen LogP contribution in [-0.4, -0.2) is 140 Å². The molecule has 28 heavy (non-hydrogen) atoms. The van der Waals surface area contributed by atoms with E-state index in [4.69, 9.17) is 29.2 Å². The molecule has 2 heterocycles. The topological polar surface area (TPSA) is 219 Å². The third-order valence-corrected chi connectivity index (χ3v) is 4.80. The summed E-state index contributed by atoms with van der Waals surface area (Å²) in [7, 11) is 0. The van der Waals surface area contributed by atoms with Crippen molar-refractivity contribution in [1.29, 1.82) is 0 Å². The summed E-state index contributed by atoms with van der Waals surface area (Å²) in [4.78, 5) is 0. The number of hydrogen-bond acceptors (Lipinski definition) is 13. The summed E-state index contributed by atoms with van der Waals surface area (Å²) in [6, 6.07) is 0. The monoisotopic (exact) mass is 416 g/mol. The molecule has 0 spiro atoms. The van der Waals surface area contributed by atoms with Crippen molar-refractivity contribution in [2.75, 3.05) is 33.0 Å². The Bertz CT molecular complexity index is 475. The third kappa shape index (κ3) is 4.46. The summed E-state index contributed by atoms with van der Waals surface area (Å²) in [6.45, 7) is -3.64. The zero-order chi connectivity index (χ0) is 21.1. The Morgan fingerprint density at radius 2 is 1.43 bits per heavy atom. The van der Waals surface area contributed by atoms with Crippen molar-refractivity contribution in [3.63, 3.8) is 0 Å². The Labute approximate surface area is 159 Å². The maximum Gasteiger partial charge on any atom is 0.222 e. The van der Waals surface area contributed by atoms with Gasteiger partial charge >= 0.3 is 0 Å². The van der Waals surface area contributed by atoms with Crippen LogP contribution in [0.2, 0.25) is 0 Å². The fraction of sp³-hybridized carbons (Fsp3) is 1.00. The van der Waals surface area contributed by atoms with Crippen molar-refractivity contribution < 1.29 is 64.9 Å². The molecule has 0 aromatic heterocycles. The summed E-state index contributed by atoms with van der Waals surface area (Å²) < 4.78 is 21.1. The Kier molecular flexibility index (Phi) is 8.48. The van der Waals surface area contributed by atoms with Crippen LogP contribution in [0.4, 0.5) is 0 Å². The molecule has 13 heteroatoms. The van der Waals surface area contributed by atoms with Crippen LogP contribution in [0.1, 0.15) is 0 Å². The van der Waals surface area contributed by atoms with Crippen molar-refractivity contribution >= 4 is 0 Å². The average Bonchev–Trinajstić information content (AvgIpc) is 2.96. The summed E-state index contributed by atoms with van der Waals surface area (Å²) in [6.07, 6.45) is -13.8. The van der Waals surface area contributed by atoms with Gasteiger partial charge in [-0.25, -0.2) is 0 Å². The van der Waals surface area contributed by atoms with Crippen LogP contribution in [0, 0.1) is 0 Å². The molecule has 0 saturated carbocycles. The predicted molar refractivity (Wildman–Crippen MR) is 85.5 cm³/mol. The van der Waals surface area contributed by atoms with Gasteiger partial charge in [0.15, 0.2) is 6.29 Å². The lowest BCUT2D eigenvalue weighted by atomic mass is 9.97. The second-order valence-electron chi connectivity index (χ2n) is 6.66. The first-order chi connectivity index (χ1) is 13.3. The Hall–Kier alpha value is -0.520. The van der Waals surface area contributed by atoms with Crippen molar-refractivity contribution in [2.45, 2.75) is 60.9 Å². The van der Waals surface area contributed by atoms with Crippen LogP contribution in [0.15, 0.2) is 0 Å². The minimum atomic E-state index is -2.26. The predicted octanol–water partition coefficient (Wildman–Crippen LogP) is -6.02. The van der Waals surface area contributed by atoms with Gasteiger partial charge in [0.25, 0.3) is 0 Å². The molecule has 0 aromatic carbocycles. The number of rotatable bonds is 9. The SMILES string of the molecule is OCC(CO)OC1OC(CO)[C@H](OC2(CO)OC(CO)C(O)C2O)C(O)C1O. The summed E-state index contributed by atoms with van der Waals surface area (Å²) in [5.41, 5.74) is 0. The first-order valence-corrected chi connectivity index (χ1v) is 8.71. The van der Waals surface area contributed by atoms with Gasteiger partial charge in [-0.3, -0.25) is 0 Å². The lowest BCUT2D eigenvalue weighted by Crippen LogP contribution is -2.64. The molecule has 0 aliphatic carbocycles. The van der Waals surface area contributed by atoms with Gasteiger partial charge in [0.2, 0.25) is 5.79 Å². The van der Waals surface area contributed by atoms with E-state index in [0.29, 0.717) is 0 Å². The molecule has 2 aliphatic heterocycles. The number of ether oxygens (including phenoxy) is 4. The maximum absolute atomic E-state index is 10.4. The van der Waals surface area contributed by atoms with Crippen LogP contribution in [-0.2, 0) is 18.9 Å². The molecule has 9 atom stereocenters. The summed E-state index contributed by atoms with van der Waals surface area (Å²) in [5.74, 6) is -2.26. The molecule has 9 N–H and O–H groups in total. The highest BCUT2D eigenvalue weighted by Gasteiger charge is 2.58. The highest BCUT2D eigenvalue weighted by atomic mass is 16.8. The van der Waals surface area contributed by atoms with E-state index in [1.807, 2.05) is 0 Å². The molecule has 166 valence electrons. The van der Waals surface area contributed by atoms with Gasteiger partial charge in [0.1, 0.15) is 55.4 Å². The lowest BCUT2D eigenvalue weighted by Gasteiger charge is -2.45. The Balaban J connectivity index is 2.18. The molecule has 13 nitrogen and oxygen atoms in total. The third-order valence-electron chi connectivity index (χ3n) is 4.80. The van der Waals surface area contributed by atoms with E-state index < -0.39 is 93.9 Å². The highest BCUT2D eigenvalue weighted by molar-refractivity contribution is 5.00. The minimum Gasteiger partial charge on any atom is -0.394 e. The van der Waals surface area contributed by atoms with Gasteiger partial charge in [-0.05, 0) is 0 Å². The molecule has 0 amide bonds. The summed E-state index contributed by atoms with van der Waals surface area (Å²) >= 11 is 0. The molecule has 2 aliphatic rings.